The van der Waals surface area contributed by atoms with E-state index in [0.29, 0.717) is 22.9 Å². The zero-order chi connectivity index (χ0) is 17.6. The zero-order valence-electron chi connectivity index (χ0n) is 14.6. The van der Waals surface area contributed by atoms with Gasteiger partial charge in [-0.2, -0.15) is 0 Å². The van der Waals surface area contributed by atoms with Crippen LogP contribution in [0, 0.1) is 0 Å². The Kier molecular flexibility index (Phi) is 5.92. The van der Waals surface area contributed by atoms with Crippen molar-refractivity contribution < 1.29 is 4.79 Å². The summed E-state index contributed by atoms with van der Waals surface area (Å²) in [7, 11) is 0. The molecule has 1 saturated heterocycles. The van der Waals surface area contributed by atoms with Crippen LogP contribution in [0.3, 0.4) is 0 Å². The van der Waals surface area contributed by atoms with Crippen molar-refractivity contribution in [3.8, 4) is 0 Å². The van der Waals surface area contributed by atoms with Crippen LogP contribution in [0.2, 0.25) is 5.02 Å². The Morgan fingerprint density at radius 1 is 1.20 bits per heavy atom. The number of hydrogen-bond acceptors (Lipinski definition) is 3. The molecule has 4 nitrogen and oxygen atoms in total. The molecule has 132 valence electrons. The van der Waals surface area contributed by atoms with E-state index >= 15 is 0 Å². The third kappa shape index (κ3) is 4.31. The van der Waals surface area contributed by atoms with Crippen molar-refractivity contribution in [2.24, 2.45) is 0 Å². The lowest BCUT2D eigenvalue weighted by molar-refractivity contribution is 0.0724. The minimum atomic E-state index is 0.0250. The highest BCUT2D eigenvalue weighted by molar-refractivity contribution is 6.33. The number of rotatable bonds is 5. The number of benzene rings is 1. The molecule has 0 aliphatic carbocycles. The van der Waals surface area contributed by atoms with Gasteiger partial charge in [0.1, 0.15) is 5.82 Å². The van der Waals surface area contributed by atoms with Gasteiger partial charge in [0.25, 0.3) is 5.91 Å². The van der Waals surface area contributed by atoms with Crippen LogP contribution in [0.15, 0.2) is 36.5 Å². The second-order valence-corrected chi connectivity index (χ2v) is 6.79. The Hall–Kier alpha value is -2.07. The maximum absolute atomic E-state index is 12.5. The van der Waals surface area contributed by atoms with E-state index in [0.717, 1.165) is 32.4 Å². The summed E-state index contributed by atoms with van der Waals surface area (Å²) in [5.41, 5.74) is 3.10. The molecule has 1 N–H and O–H groups in total. The second-order valence-electron chi connectivity index (χ2n) is 6.38. The minimum Gasteiger partial charge on any atom is -0.365 e. The third-order valence-electron chi connectivity index (χ3n) is 4.68. The Balaban J connectivity index is 1.68. The average molecular weight is 358 g/mol. The minimum absolute atomic E-state index is 0.0250. The van der Waals surface area contributed by atoms with E-state index in [1.54, 1.807) is 12.3 Å². The SMILES string of the molecule is CCc1ccccc1CNc1ncc(C(=O)N2CCCCC2)cc1Cl. The number of halogens is 1. The molecule has 2 heterocycles. The Morgan fingerprint density at radius 3 is 2.60 bits per heavy atom. The molecule has 0 bridgehead atoms. The fraction of sp³-hybridized carbons (Fsp3) is 0.400. The standard InChI is InChI=1S/C20H24ClN3O/c1-2-15-8-4-5-9-16(15)13-22-19-18(21)12-17(14-23-19)20(25)24-10-6-3-7-11-24/h4-5,8-9,12,14H,2-3,6-7,10-11,13H2,1H3,(H,22,23). The summed E-state index contributed by atoms with van der Waals surface area (Å²) in [4.78, 5) is 18.8. The van der Waals surface area contributed by atoms with Crippen LogP contribution in [0.5, 0.6) is 0 Å². The van der Waals surface area contributed by atoms with Crippen LogP contribution < -0.4 is 5.32 Å². The molecular weight excluding hydrogens is 334 g/mol. The van der Waals surface area contributed by atoms with Crippen molar-refractivity contribution in [1.82, 2.24) is 9.88 Å². The number of nitrogens with zero attached hydrogens (tertiary/aromatic N) is 2. The number of carbonyl (C=O) groups is 1. The van der Waals surface area contributed by atoms with Crippen LogP contribution in [-0.4, -0.2) is 28.9 Å². The Labute approximate surface area is 154 Å². The summed E-state index contributed by atoms with van der Waals surface area (Å²) in [6.45, 7) is 4.45. The first kappa shape index (κ1) is 17.7. The van der Waals surface area contributed by atoms with Crippen molar-refractivity contribution in [2.45, 2.75) is 39.2 Å². The number of aryl methyl sites for hydroxylation is 1. The largest absolute Gasteiger partial charge is 0.365 e. The number of carbonyl (C=O) groups excluding carboxylic acids is 1. The number of pyridine rings is 1. The highest BCUT2D eigenvalue weighted by Crippen LogP contribution is 2.23. The first-order chi connectivity index (χ1) is 12.2. The molecule has 1 aromatic carbocycles. The fourth-order valence-electron chi connectivity index (χ4n) is 3.22. The second kappa shape index (κ2) is 8.34. The molecule has 0 spiro atoms. The molecule has 1 aliphatic rings. The zero-order valence-corrected chi connectivity index (χ0v) is 15.4. The van der Waals surface area contributed by atoms with Crippen molar-refractivity contribution in [3.05, 3.63) is 58.2 Å². The predicted octanol–water partition coefficient (Wildman–Crippen LogP) is 4.54. The van der Waals surface area contributed by atoms with E-state index in [9.17, 15) is 4.79 Å². The summed E-state index contributed by atoms with van der Waals surface area (Å²) in [6.07, 6.45) is 5.96. The average Bonchev–Trinajstić information content (AvgIpc) is 2.67. The number of hydrogen-bond donors (Lipinski definition) is 1. The number of likely N-dealkylation sites (tertiary alicyclic amines) is 1. The number of piperidine rings is 1. The molecule has 3 rings (SSSR count). The van der Waals surface area contributed by atoms with Crippen LogP contribution in [0.1, 0.15) is 47.7 Å². The molecule has 0 atom stereocenters. The lowest BCUT2D eigenvalue weighted by Crippen LogP contribution is -2.35. The molecular formula is C20H24ClN3O. The first-order valence-corrected chi connectivity index (χ1v) is 9.32. The van der Waals surface area contributed by atoms with E-state index in [4.69, 9.17) is 11.6 Å². The molecule has 0 unspecified atom stereocenters. The Bertz CT molecular complexity index is 741. The number of aromatic nitrogens is 1. The van der Waals surface area contributed by atoms with Crippen LogP contribution in [0.4, 0.5) is 5.82 Å². The maximum Gasteiger partial charge on any atom is 0.255 e. The number of anilines is 1. The van der Waals surface area contributed by atoms with Gasteiger partial charge in [-0.15, -0.1) is 0 Å². The van der Waals surface area contributed by atoms with E-state index in [2.05, 4.69) is 35.4 Å². The van der Waals surface area contributed by atoms with Crippen LogP contribution >= 0.6 is 11.6 Å². The summed E-state index contributed by atoms with van der Waals surface area (Å²) in [6, 6.07) is 10.0. The van der Waals surface area contributed by atoms with Gasteiger partial charge in [-0.1, -0.05) is 42.8 Å². The summed E-state index contributed by atoms with van der Waals surface area (Å²) in [5.74, 6) is 0.639. The highest BCUT2D eigenvalue weighted by Gasteiger charge is 2.19. The van der Waals surface area contributed by atoms with Gasteiger partial charge in [-0.25, -0.2) is 4.98 Å². The highest BCUT2D eigenvalue weighted by atomic mass is 35.5. The van der Waals surface area contributed by atoms with Gasteiger partial charge in [0, 0.05) is 25.8 Å². The van der Waals surface area contributed by atoms with E-state index in [1.807, 2.05) is 11.0 Å². The van der Waals surface area contributed by atoms with Gasteiger partial charge < -0.3 is 10.2 Å². The van der Waals surface area contributed by atoms with E-state index in [-0.39, 0.29) is 5.91 Å². The van der Waals surface area contributed by atoms with Gasteiger partial charge in [0.2, 0.25) is 0 Å². The van der Waals surface area contributed by atoms with Crippen molar-refractivity contribution in [3.63, 3.8) is 0 Å². The summed E-state index contributed by atoms with van der Waals surface area (Å²) < 4.78 is 0. The quantitative estimate of drug-likeness (QED) is 0.854. The summed E-state index contributed by atoms with van der Waals surface area (Å²) in [5, 5.41) is 3.76. The summed E-state index contributed by atoms with van der Waals surface area (Å²) >= 11 is 6.36. The number of amides is 1. The monoisotopic (exact) mass is 357 g/mol. The van der Waals surface area contributed by atoms with Crippen molar-refractivity contribution >= 4 is 23.3 Å². The number of nitrogens with one attached hydrogen (secondary N) is 1. The van der Waals surface area contributed by atoms with Gasteiger partial charge in [-0.05, 0) is 42.9 Å². The molecule has 1 amide bonds. The van der Waals surface area contributed by atoms with Crippen LogP contribution in [-0.2, 0) is 13.0 Å². The topological polar surface area (TPSA) is 45.2 Å². The van der Waals surface area contributed by atoms with Gasteiger partial charge in [-0.3, -0.25) is 4.79 Å². The molecule has 0 saturated carbocycles. The molecule has 1 fully saturated rings. The molecule has 2 aromatic rings. The normalized spacial score (nSPS) is 14.4. The van der Waals surface area contributed by atoms with Gasteiger partial charge >= 0.3 is 0 Å². The third-order valence-corrected chi connectivity index (χ3v) is 4.97. The molecule has 0 radical (unpaired) electrons. The van der Waals surface area contributed by atoms with Crippen LogP contribution in [0.25, 0.3) is 0 Å². The molecule has 1 aliphatic heterocycles. The maximum atomic E-state index is 12.5. The first-order valence-electron chi connectivity index (χ1n) is 8.94. The lowest BCUT2D eigenvalue weighted by Gasteiger charge is -2.26. The van der Waals surface area contributed by atoms with Crippen molar-refractivity contribution in [1.29, 1.82) is 0 Å². The van der Waals surface area contributed by atoms with E-state index < -0.39 is 0 Å². The molecule has 25 heavy (non-hydrogen) atoms. The Morgan fingerprint density at radius 2 is 1.92 bits per heavy atom. The van der Waals surface area contributed by atoms with Crippen molar-refractivity contribution in [2.75, 3.05) is 18.4 Å². The predicted molar refractivity (Wildman–Crippen MR) is 102 cm³/mol. The van der Waals surface area contributed by atoms with E-state index in [1.165, 1.54) is 17.5 Å². The van der Waals surface area contributed by atoms with Gasteiger partial charge in [0.05, 0.1) is 10.6 Å². The molecule has 1 aromatic heterocycles. The molecule has 5 heteroatoms. The smallest absolute Gasteiger partial charge is 0.255 e. The van der Waals surface area contributed by atoms with Gasteiger partial charge in [0.15, 0.2) is 0 Å². The fourth-order valence-corrected chi connectivity index (χ4v) is 3.45. The lowest BCUT2D eigenvalue weighted by atomic mass is 10.1.